The van der Waals surface area contributed by atoms with E-state index in [9.17, 15) is 18.5 Å². The third-order valence-electron chi connectivity index (χ3n) is 7.43. The summed E-state index contributed by atoms with van der Waals surface area (Å²) in [6.45, 7) is -0.735. The first-order valence-electron chi connectivity index (χ1n) is 13.8. The van der Waals surface area contributed by atoms with Crippen LogP contribution in [0.3, 0.4) is 0 Å². The van der Waals surface area contributed by atoms with E-state index in [1.807, 2.05) is 0 Å². The molecule has 0 radical (unpaired) electrons. The van der Waals surface area contributed by atoms with E-state index in [2.05, 4.69) is 24.5 Å². The van der Waals surface area contributed by atoms with Gasteiger partial charge in [-0.25, -0.2) is 28.5 Å². The second kappa shape index (κ2) is 14.0. The summed E-state index contributed by atoms with van der Waals surface area (Å²) in [5.74, 6) is 0.180. The monoisotopic (exact) mass is 682 g/mol. The van der Waals surface area contributed by atoms with Gasteiger partial charge in [0.1, 0.15) is 49.2 Å². The Hall–Kier alpha value is -3.60. The number of nitrogens with two attached hydrogens (primary N) is 1. The number of nitrogens with zero attached hydrogens (tertiary/aromatic N) is 5. The molecule has 3 aromatic heterocycles. The fourth-order valence-corrected chi connectivity index (χ4v) is 6.19. The smallest absolute Gasteiger partial charge is 0.382 e. The van der Waals surface area contributed by atoms with Crippen molar-refractivity contribution < 1.29 is 40.9 Å². The predicted molar refractivity (Wildman–Crippen MR) is 158 cm³/mol. The first kappa shape index (κ1) is 32.3. The van der Waals surface area contributed by atoms with E-state index in [1.165, 1.54) is 18.9 Å². The van der Waals surface area contributed by atoms with Crippen molar-refractivity contribution in [1.82, 2.24) is 29.1 Å². The van der Waals surface area contributed by atoms with E-state index in [0.717, 1.165) is 11.7 Å². The van der Waals surface area contributed by atoms with E-state index in [4.69, 9.17) is 28.8 Å². The van der Waals surface area contributed by atoms with Gasteiger partial charge in [0.15, 0.2) is 32.9 Å². The second-order valence-corrected chi connectivity index (χ2v) is 12.0. The number of rotatable bonds is 12. The van der Waals surface area contributed by atoms with Crippen molar-refractivity contribution in [2.45, 2.75) is 49.5 Å². The maximum Gasteiger partial charge on any atom is 0.697 e. The van der Waals surface area contributed by atoms with E-state index >= 15 is 4.39 Å². The van der Waals surface area contributed by atoms with Crippen LogP contribution in [-0.2, 0) is 32.1 Å². The lowest BCUT2D eigenvalue weighted by atomic mass is 10.1. The molecule has 1 aromatic carbocycles. The van der Waals surface area contributed by atoms with E-state index in [0.29, 0.717) is 16.7 Å². The molecular formula is C26H28F2N7O9P2+. The molecule has 46 heavy (non-hydrogen) atoms. The molecule has 6 rings (SSSR count). The summed E-state index contributed by atoms with van der Waals surface area (Å²) in [5.41, 5.74) is 5.68. The minimum atomic E-state index is -2.54. The van der Waals surface area contributed by atoms with Crippen molar-refractivity contribution in [3.8, 4) is 11.1 Å². The van der Waals surface area contributed by atoms with Gasteiger partial charge in [0.25, 0.3) is 5.56 Å². The number of nitrogen functional groups attached to an aromatic ring is 1. The molecule has 4 aromatic rings. The Labute approximate surface area is 261 Å². The van der Waals surface area contributed by atoms with Gasteiger partial charge in [-0.1, -0.05) is 30.3 Å². The van der Waals surface area contributed by atoms with Crippen molar-refractivity contribution in [2.24, 2.45) is 0 Å². The average molecular weight is 682 g/mol. The molecule has 0 spiro atoms. The number of imidazole rings is 1. The molecule has 3 N–H and O–H groups in total. The Kier molecular flexibility index (Phi) is 9.86. The molecule has 9 atom stereocenters. The van der Waals surface area contributed by atoms with Crippen molar-refractivity contribution >= 4 is 34.3 Å². The van der Waals surface area contributed by atoms with Crippen LogP contribution in [0.2, 0.25) is 0 Å². The van der Waals surface area contributed by atoms with Gasteiger partial charge in [-0.2, -0.15) is 0 Å². The molecular weight excluding hydrogens is 654 g/mol. The van der Waals surface area contributed by atoms with Crippen LogP contribution in [0.25, 0.3) is 22.3 Å². The quantitative estimate of drug-likeness (QED) is 0.164. The Morgan fingerprint density at radius 3 is 2.70 bits per heavy atom. The first-order valence-corrected chi connectivity index (χ1v) is 15.8. The number of nitrogens with one attached hydrogen (secondary N) is 1. The molecule has 0 saturated carbocycles. The summed E-state index contributed by atoms with van der Waals surface area (Å²) < 4.78 is 77.4. The molecule has 16 nitrogen and oxygen atoms in total. The van der Waals surface area contributed by atoms with Crippen molar-refractivity contribution in [3.63, 3.8) is 0 Å². The zero-order chi connectivity index (χ0) is 32.4. The van der Waals surface area contributed by atoms with Crippen LogP contribution in [0, 0.1) is 0 Å². The number of halogens is 2. The Morgan fingerprint density at radius 1 is 1.11 bits per heavy atom. The number of alkyl halides is 2. The van der Waals surface area contributed by atoms with Gasteiger partial charge in [-0.3, -0.25) is 18.9 Å². The molecule has 5 heterocycles. The highest BCUT2D eigenvalue weighted by molar-refractivity contribution is 7.33. The van der Waals surface area contributed by atoms with E-state index < -0.39 is 78.3 Å². The van der Waals surface area contributed by atoms with Crippen molar-refractivity contribution in [2.75, 3.05) is 26.1 Å². The Morgan fingerprint density at radius 2 is 1.91 bits per heavy atom. The van der Waals surface area contributed by atoms with Crippen molar-refractivity contribution in [1.29, 1.82) is 0 Å². The minimum absolute atomic E-state index is 0.0112. The highest BCUT2D eigenvalue weighted by Gasteiger charge is 2.49. The summed E-state index contributed by atoms with van der Waals surface area (Å²) in [6, 6.07) is 8.51. The van der Waals surface area contributed by atoms with Gasteiger partial charge >= 0.3 is 13.9 Å². The zero-order valence-corrected chi connectivity index (χ0v) is 25.9. The normalized spacial score (nSPS) is 26.8. The SMILES string of the molecule is CO[P+](=O)OC[C@H]1O[C@@H](n2cc(-c3ccccc3)c(=O)[nH]c2=O)[C@H](OPOC[C@H]2O[C@@H](n3cnc4c(N)ncnc43)C[C@@H]2F)[C@@H]1F. The first-order chi connectivity index (χ1) is 22.2. The molecule has 0 amide bonds. The summed E-state index contributed by atoms with van der Waals surface area (Å²) in [4.78, 5) is 39.9. The zero-order valence-electron chi connectivity index (χ0n) is 24.0. The number of aromatic nitrogens is 6. The van der Waals surface area contributed by atoms with Crippen LogP contribution in [0.1, 0.15) is 18.9 Å². The van der Waals surface area contributed by atoms with Crippen molar-refractivity contribution in [3.05, 3.63) is 70.0 Å². The molecule has 0 aliphatic carbocycles. The average Bonchev–Trinajstić information content (AvgIpc) is 3.74. The number of hydrogen-bond donors (Lipinski definition) is 2. The number of benzene rings is 1. The fraction of sp³-hybridized carbons (Fsp3) is 0.423. The minimum Gasteiger partial charge on any atom is -0.382 e. The third-order valence-corrected chi connectivity index (χ3v) is 8.75. The van der Waals surface area contributed by atoms with Gasteiger partial charge in [0.2, 0.25) is 0 Å². The molecule has 244 valence electrons. The predicted octanol–water partition coefficient (Wildman–Crippen LogP) is 2.72. The van der Waals surface area contributed by atoms with Gasteiger partial charge in [0.05, 0.1) is 25.6 Å². The number of ether oxygens (including phenoxy) is 2. The molecule has 2 aliphatic heterocycles. The van der Waals surface area contributed by atoms with Crippen LogP contribution >= 0.6 is 17.3 Å². The number of anilines is 1. The number of hydrogen-bond acceptors (Lipinski definition) is 13. The molecule has 20 heteroatoms. The van der Waals surface area contributed by atoms with Crippen LogP contribution in [0.4, 0.5) is 14.6 Å². The topological polar surface area (TPSA) is 197 Å². The molecule has 2 aliphatic rings. The third kappa shape index (κ3) is 6.61. The summed E-state index contributed by atoms with van der Waals surface area (Å²) in [5, 5.41) is 0. The standard InChI is InChI=1S/C26H27F2N7O9P2/c1-39-46(38)41-10-17-19(28)21(25(43-17)34-8-14(24(36)33-26(34)37)13-5-3-2-4-6-13)44-45-40-9-16-15(27)7-18(42-16)35-12-32-20-22(29)30-11-31-23(20)35/h2-6,8,11-12,15-19,21,25,45H,7,9-10H2,1H3,(H2-,29,30,31,33,36,37)/p+1/t15-,16+,17+,18+,19+,21+,25+/m0/s1. The summed E-state index contributed by atoms with van der Waals surface area (Å²) >= 11 is 0. The van der Waals surface area contributed by atoms with E-state index in [1.54, 1.807) is 34.9 Å². The number of aromatic amines is 1. The second-order valence-electron chi connectivity index (χ2n) is 10.2. The highest BCUT2D eigenvalue weighted by atomic mass is 31.1. The van der Waals surface area contributed by atoms with Crippen LogP contribution < -0.4 is 17.0 Å². The van der Waals surface area contributed by atoms with Crippen LogP contribution in [0.5, 0.6) is 0 Å². The van der Waals surface area contributed by atoms with Gasteiger partial charge in [-0.15, -0.1) is 9.05 Å². The Bertz CT molecular complexity index is 1810. The van der Waals surface area contributed by atoms with Gasteiger partial charge < -0.3 is 24.3 Å². The molecule has 2 saturated heterocycles. The lowest BCUT2D eigenvalue weighted by Gasteiger charge is -2.22. The summed E-state index contributed by atoms with van der Waals surface area (Å²) in [6.07, 6.45) is -5.26. The number of H-pyrrole nitrogens is 1. The Balaban J connectivity index is 1.15. The van der Waals surface area contributed by atoms with Crippen LogP contribution in [0.15, 0.2) is 58.8 Å². The highest BCUT2D eigenvalue weighted by Crippen LogP contribution is 2.40. The number of fused-ring (bicyclic) bond motifs is 1. The van der Waals surface area contributed by atoms with Gasteiger partial charge in [0, 0.05) is 17.2 Å². The fourth-order valence-electron chi connectivity index (χ4n) is 5.16. The molecule has 2 unspecified atom stereocenters. The maximum absolute atomic E-state index is 15.7. The molecule has 2 fully saturated rings. The lowest BCUT2D eigenvalue weighted by molar-refractivity contribution is -0.0483. The van der Waals surface area contributed by atoms with Gasteiger partial charge in [-0.05, 0) is 5.56 Å². The molecule has 0 bridgehead atoms. The maximum atomic E-state index is 15.7. The van der Waals surface area contributed by atoms with E-state index in [-0.39, 0.29) is 24.4 Å². The largest absolute Gasteiger partial charge is 0.697 e. The van der Waals surface area contributed by atoms with Crippen LogP contribution in [-0.4, -0.2) is 80.0 Å². The lowest BCUT2D eigenvalue weighted by Crippen LogP contribution is -2.38. The summed E-state index contributed by atoms with van der Waals surface area (Å²) in [7, 11) is -2.22.